The van der Waals surface area contributed by atoms with Gasteiger partial charge in [-0.25, -0.2) is 13.1 Å². The summed E-state index contributed by atoms with van der Waals surface area (Å²) in [5, 5.41) is 2.69. The number of hydrogen-bond donors (Lipinski definition) is 2. The maximum atomic E-state index is 12.6. The molecule has 2 aromatic carbocycles. The minimum absolute atomic E-state index is 0.0617. The average molecular weight is 407 g/mol. The van der Waals surface area contributed by atoms with E-state index in [1.165, 1.54) is 12.1 Å². The molecule has 0 spiro atoms. The normalized spacial score (nSPS) is 11.1. The minimum atomic E-state index is -3.73. The van der Waals surface area contributed by atoms with Gasteiger partial charge in [-0.3, -0.25) is 4.79 Å². The quantitative estimate of drug-likeness (QED) is 0.666. The summed E-state index contributed by atoms with van der Waals surface area (Å²) in [4.78, 5) is 12.2. The Labute approximate surface area is 166 Å². The van der Waals surface area contributed by atoms with E-state index in [9.17, 15) is 13.2 Å². The molecule has 0 atom stereocenters. The lowest BCUT2D eigenvalue weighted by Crippen LogP contribution is -2.27. The van der Waals surface area contributed by atoms with Gasteiger partial charge in [0.15, 0.2) is 11.5 Å². The van der Waals surface area contributed by atoms with Gasteiger partial charge in [0.2, 0.25) is 10.0 Å². The summed E-state index contributed by atoms with van der Waals surface area (Å²) in [5.41, 5.74) is 1.98. The molecule has 0 saturated heterocycles. The third-order valence-corrected chi connectivity index (χ3v) is 5.71. The standard InChI is InChI=1S/C20H26N2O5S/c1-5-21-20(23)17-13-16(8-6-14(17)2)28(24,25)22-11-10-15-7-9-18(26-3)19(12-15)27-4/h6-9,12-13,22H,5,10-11H2,1-4H3,(H,21,23). The molecule has 0 aliphatic heterocycles. The molecule has 0 radical (unpaired) electrons. The van der Waals surface area contributed by atoms with Crippen LogP contribution in [0.15, 0.2) is 41.3 Å². The van der Waals surface area contributed by atoms with Crippen molar-refractivity contribution in [2.75, 3.05) is 27.3 Å². The van der Waals surface area contributed by atoms with E-state index >= 15 is 0 Å². The number of hydrogen-bond acceptors (Lipinski definition) is 5. The molecule has 0 aromatic heterocycles. The van der Waals surface area contributed by atoms with Crippen LogP contribution in [0.5, 0.6) is 11.5 Å². The largest absolute Gasteiger partial charge is 0.493 e. The SMILES string of the molecule is CCNC(=O)c1cc(S(=O)(=O)NCCc2ccc(OC)c(OC)c2)ccc1C. The fourth-order valence-electron chi connectivity index (χ4n) is 2.72. The molecule has 28 heavy (non-hydrogen) atoms. The predicted molar refractivity (Wildman–Crippen MR) is 108 cm³/mol. The van der Waals surface area contributed by atoms with Crippen LogP contribution in [0.2, 0.25) is 0 Å². The van der Waals surface area contributed by atoms with Crippen molar-refractivity contribution in [1.29, 1.82) is 0 Å². The second-order valence-corrected chi connectivity index (χ2v) is 7.94. The molecular formula is C20H26N2O5S. The van der Waals surface area contributed by atoms with Crippen molar-refractivity contribution in [3.05, 3.63) is 53.1 Å². The zero-order valence-electron chi connectivity index (χ0n) is 16.5. The van der Waals surface area contributed by atoms with Gasteiger partial charge in [0.25, 0.3) is 5.91 Å². The van der Waals surface area contributed by atoms with Gasteiger partial charge in [0.05, 0.1) is 19.1 Å². The first-order valence-electron chi connectivity index (χ1n) is 8.91. The van der Waals surface area contributed by atoms with Crippen molar-refractivity contribution < 1.29 is 22.7 Å². The van der Waals surface area contributed by atoms with Crippen LogP contribution in [0.3, 0.4) is 0 Å². The van der Waals surface area contributed by atoms with E-state index in [1.807, 2.05) is 19.1 Å². The summed E-state index contributed by atoms with van der Waals surface area (Å²) in [7, 11) is -0.625. The summed E-state index contributed by atoms with van der Waals surface area (Å²) in [6.45, 7) is 4.26. The Balaban J connectivity index is 2.10. The van der Waals surface area contributed by atoms with Crippen LogP contribution in [0.25, 0.3) is 0 Å². The van der Waals surface area contributed by atoms with E-state index in [1.54, 1.807) is 33.3 Å². The molecule has 0 unspecified atom stereocenters. The molecule has 152 valence electrons. The first kappa shape index (κ1) is 21.7. The van der Waals surface area contributed by atoms with Gasteiger partial charge in [0, 0.05) is 18.7 Å². The number of carbonyl (C=O) groups excluding carboxylic acids is 1. The molecule has 0 bridgehead atoms. The molecule has 0 heterocycles. The second kappa shape index (κ2) is 9.57. The zero-order chi connectivity index (χ0) is 20.7. The first-order valence-corrected chi connectivity index (χ1v) is 10.4. The smallest absolute Gasteiger partial charge is 0.251 e. The molecule has 2 rings (SSSR count). The predicted octanol–water partition coefficient (Wildman–Crippen LogP) is 2.28. The number of carbonyl (C=O) groups is 1. The van der Waals surface area contributed by atoms with Crippen molar-refractivity contribution in [2.24, 2.45) is 0 Å². The Morgan fingerprint density at radius 3 is 2.39 bits per heavy atom. The lowest BCUT2D eigenvalue weighted by Gasteiger charge is -2.12. The summed E-state index contributed by atoms with van der Waals surface area (Å²) >= 11 is 0. The van der Waals surface area contributed by atoms with Crippen LogP contribution in [0, 0.1) is 6.92 Å². The Bertz CT molecular complexity index is 942. The van der Waals surface area contributed by atoms with Crippen LogP contribution >= 0.6 is 0 Å². The second-order valence-electron chi connectivity index (χ2n) is 6.17. The molecule has 2 aromatic rings. The highest BCUT2D eigenvalue weighted by Crippen LogP contribution is 2.27. The zero-order valence-corrected chi connectivity index (χ0v) is 17.4. The van der Waals surface area contributed by atoms with Gasteiger partial charge < -0.3 is 14.8 Å². The van der Waals surface area contributed by atoms with Crippen molar-refractivity contribution in [3.63, 3.8) is 0 Å². The monoisotopic (exact) mass is 406 g/mol. The summed E-state index contributed by atoms with van der Waals surface area (Å²) in [6, 6.07) is 9.98. The number of methoxy groups -OCH3 is 2. The van der Waals surface area contributed by atoms with Crippen LogP contribution in [-0.4, -0.2) is 41.6 Å². The van der Waals surface area contributed by atoms with E-state index in [4.69, 9.17) is 9.47 Å². The molecular weight excluding hydrogens is 380 g/mol. The number of sulfonamides is 1. The van der Waals surface area contributed by atoms with Crippen molar-refractivity contribution >= 4 is 15.9 Å². The molecule has 7 nitrogen and oxygen atoms in total. The van der Waals surface area contributed by atoms with Crippen LogP contribution in [-0.2, 0) is 16.4 Å². The van der Waals surface area contributed by atoms with Gasteiger partial charge in [-0.1, -0.05) is 12.1 Å². The van der Waals surface area contributed by atoms with Gasteiger partial charge in [-0.2, -0.15) is 0 Å². The molecule has 0 saturated carbocycles. The minimum Gasteiger partial charge on any atom is -0.493 e. The highest BCUT2D eigenvalue weighted by Gasteiger charge is 2.17. The lowest BCUT2D eigenvalue weighted by molar-refractivity contribution is 0.0955. The van der Waals surface area contributed by atoms with E-state index in [0.717, 1.165) is 11.1 Å². The molecule has 1 amide bonds. The van der Waals surface area contributed by atoms with E-state index in [2.05, 4.69) is 10.0 Å². The highest BCUT2D eigenvalue weighted by molar-refractivity contribution is 7.89. The number of nitrogens with one attached hydrogen (secondary N) is 2. The number of ether oxygens (including phenoxy) is 2. The van der Waals surface area contributed by atoms with Crippen LogP contribution in [0.1, 0.15) is 28.4 Å². The summed E-state index contributed by atoms with van der Waals surface area (Å²) < 4.78 is 38.2. The Kier molecular flexibility index (Phi) is 7.42. The molecule has 2 N–H and O–H groups in total. The third kappa shape index (κ3) is 5.24. The molecule has 0 aliphatic rings. The molecule has 8 heteroatoms. The maximum Gasteiger partial charge on any atom is 0.251 e. The third-order valence-electron chi connectivity index (χ3n) is 4.26. The van der Waals surface area contributed by atoms with Gasteiger partial charge >= 0.3 is 0 Å². The molecule has 0 aliphatic carbocycles. The number of benzene rings is 2. The number of rotatable bonds is 9. The fraction of sp³-hybridized carbons (Fsp3) is 0.350. The Morgan fingerprint density at radius 1 is 1.04 bits per heavy atom. The van der Waals surface area contributed by atoms with E-state index in [0.29, 0.717) is 30.0 Å². The first-order chi connectivity index (χ1) is 13.3. The topological polar surface area (TPSA) is 93.7 Å². The van der Waals surface area contributed by atoms with Gasteiger partial charge in [-0.15, -0.1) is 0 Å². The van der Waals surface area contributed by atoms with Crippen LogP contribution < -0.4 is 19.5 Å². The maximum absolute atomic E-state index is 12.6. The fourth-order valence-corrected chi connectivity index (χ4v) is 3.78. The van der Waals surface area contributed by atoms with Crippen molar-refractivity contribution in [3.8, 4) is 11.5 Å². The van der Waals surface area contributed by atoms with E-state index in [-0.39, 0.29) is 17.3 Å². The average Bonchev–Trinajstić information content (AvgIpc) is 2.68. The number of amides is 1. The van der Waals surface area contributed by atoms with Crippen molar-refractivity contribution in [1.82, 2.24) is 10.0 Å². The highest BCUT2D eigenvalue weighted by atomic mass is 32.2. The Morgan fingerprint density at radius 2 is 1.75 bits per heavy atom. The van der Waals surface area contributed by atoms with E-state index < -0.39 is 10.0 Å². The van der Waals surface area contributed by atoms with Gasteiger partial charge in [-0.05, 0) is 55.7 Å². The van der Waals surface area contributed by atoms with Gasteiger partial charge in [0.1, 0.15) is 0 Å². The summed E-state index contributed by atoms with van der Waals surface area (Å²) in [6.07, 6.45) is 0.481. The lowest BCUT2D eigenvalue weighted by atomic mass is 10.1. The number of aryl methyl sites for hydroxylation is 1. The van der Waals surface area contributed by atoms with Crippen LogP contribution in [0.4, 0.5) is 0 Å². The van der Waals surface area contributed by atoms with Crippen molar-refractivity contribution in [2.45, 2.75) is 25.2 Å². The Hall–Kier alpha value is -2.58. The summed E-state index contributed by atoms with van der Waals surface area (Å²) in [5.74, 6) is 0.916. The molecule has 0 fully saturated rings.